The molecule has 1 aromatic rings. The summed E-state index contributed by atoms with van der Waals surface area (Å²) in [7, 11) is 0. The molecule has 2 atom stereocenters. The smallest absolute Gasteiger partial charge is 0.313 e. The van der Waals surface area contributed by atoms with Crippen LogP contribution in [0.3, 0.4) is 0 Å². The Labute approximate surface area is 139 Å². The Morgan fingerprint density at radius 3 is 2.46 bits per heavy atom. The van der Waals surface area contributed by atoms with Gasteiger partial charge in [0, 0.05) is 19.1 Å². The molecule has 0 fully saturated rings. The minimum absolute atomic E-state index is 0.0284. The monoisotopic (exact) mass is 333 g/mol. The first-order chi connectivity index (χ1) is 11.4. The Hall–Kier alpha value is -2.70. The minimum atomic E-state index is -0.483. The standard InChI is InChI=1S/C17H19NO6/c1-3-23-17(20)15-9-8-14(24-11(2)19)10-16(15)12-4-6-13(7-5-12)18(21)22/h4-7,10,14-15H,3,8-9H2,1-2H3. The summed E-state index contributed by atoms with van der Waals surface area (Å²) in [6.45, 7) is 3.34. The number of nitrogens with zero attached hydrogens (tertiary/aromatic N) is 1. The summed E-state index contributed by atoms with van der Waals surface area (Å²) in [6, 6.07) is 5.94. The first-order valence-electron chi connectivity index (χ1n) is 7.72. The van der Waals surface area contributed by atoms with E-state index in [1.165, 1.54) is 19.1 Å². The van der Waals surface area contributed by atoms with Crippen LogP contribution in [0.25, 0.3) is 5.57 Å². The van der Waals surface area contributed by atoms with Crippen molar-refractivity contribution in [2.75, 3.05) is 6.61 Å². The molecule has 2 unspecified atom stereocenters. The molecule has 0 radical (unpaired) electrons. The number of benzene rings is 1. The average molecular weight is 333 g/mol. The van der Waals surface area contributed by atoms with Gasteiger partial charge in [-0.3, -0.25) is 19.7 Å². The van der Waals surface area contributed by atoms with Crippen LogP contribution in [-0.2, 0) is 19.1 Å². The molecule has 0 amide bonds. The molecule has 0 aliphatic heterocycles. The number of ether oxygens (including phenoxy) is 2. The van der Waals surface area contributed by atoms with Crippen molar-refractivity contribution in [1.82, 2.24) is 0 Å². The van der Waals surface area contributed by atoms with Gasteiger partial charge in [0.2, 0.25) is 0 Å². The van der Waals surface area contributed by atoms with Gasteiger partial charge < -0.3 is 9.47 Å². The van der Waals surface area contributed by atoms with Crippen molar-refractivity contribution in [3.05, 3.63) is 46.0 Å². The van der Waals surface area contributed by atoms with Crippen LogP contribution >= 0.6 is 0 Å². The first-order valence-corrected chi connectivity index (χ1v) is 7.72. The third kappa shape index (κ3) is 4.18. The summed E-state index contributed by atoms with van der Waals surface area (Å²) < 4.78 is 10.3. The summed E-state index contributed by atoms with van der Waals surface area (Å²) in [6.07, 6.45) is 2.32. The molecule has 1 aliphatic carbocycles. The Kier molecular flexibility index (Phi) is 5.68. The van der Waals surface area contributed by atoms with E-state index in [0.717, 1.165) is 0 Å². The van der Waals surface area contributed by atoms with E-state index >= 15 is 0 Å². The quantitative estimate of drug-likeness (QED) is 0.467. The van der Waals surface area contributed by atoms with Crippen LogP contribution in [-0.4, -0.2) is 29.6 Å². The Balaban J connectivity index is 2.35. The zero-order valence-corrected chi connectivity index (χ0v) is 13.6. The maximum absolute atomic E-state index is 12.2. The van der Waals surface area contributed by atoms with E-state index in [-0.39, 0.29) is 18.3 Å². The molecule has 0 aromatic heterocycles. The summed E-state index contributed by atoms with van der Waals surface area (Å²) in [5, 5.41) is 10.8. The van der Waals surface area contributed by atoms with Crippen LogP contribution in [0.1, 0.15) is 32.3 Å². The summed E-state index contributed by atoms with van der Waals surface area (Å²) in [5.74, 6) is -1.21. The van der Waals surface area contributed by atoms with Gasteiger partial charge in [-0.1, -0.05) is 0 Å². The highest BCUT2D eigenvalue weighted by Gasteiger charge is 2.31. The molecule has 7 nitrogen and oxygen atoms in total. The summed E-state index contributed by atoms with van der Waals surface area (Å²) >= 11 is 0. The number of carbonyl (C=O) groups is 2. The lowest BCUT2D eigenvalue weighted by molar-refractivity contribution is -0.384. The molecule has 7 heteroatoms. The average Bonchev–Trinajstić information content (AvgIpc) is 2.54. The largest absolute Gasteiger partial charge is 0.466 e. The molecule has 1 aromatic carbocycles. The fourth-order valence-corrected chi connectivity index (χ4v) is 2.75. The van der Waals surface area contributed by atoms with Crippen molar-refractivity contribution in [2.24, 2.45) is 5.92 Å². The first kappa shape index (κ1) is 17.7. The van der Waals surface area contributed by atoms with Crippen molar-refractivity contribution in [3.8, 4) is 0 Å². The molecule has 0 spiro atoms. The van der Waals surface area contributed by atoms with Crippen molar-refractivity contribution in [2.45, 2.75) is 32.8 Å². The van der Waals surface area contributed by atoms with Gasteiger partial charge in [-0.15, -0.1) is 0 Å². The van der Waals surface area contributed by atoms with Gasteiger partial charge in [-0.05, 0) is 49.1 Å². The van der Waals surface area contributed by atoms with Gasteiger partial charge >= 0.3 is 11.9 Å². The van der Waals surface area contributed by atoms with E-state index in [1.54, 1.807) is 25.1 Å². The van der Waals surface area contributed by atoms with Crippen molar-refractivity contribution in [3.63, 3.8) is 0 Å². The number of nitro benzene ring substituents is 1. The molecule has 24 heavy (non-hydrogen) atoms. The number of hydrogen-bond donors (Lipinski definition) is 0. The molecule has 2 rings (SSSR count). The van der Waals surface area contributed by atoms with Crippen LogP contribution in [0, 0.1) is 16.0 Å². The predicted octanol–water partition coefficient (Wildman–Crippen LogP) is 2.88. The molecule has 0 bridgehead atoms. The normalized spacial score (nSPS) is 20.0. The Morgan fingerprint density at radius 2 is 1.92 bits per heavy atom. The van der Waals surface area contributed by atoms with Crippen LogP contribution in [0.2, 0.25) is 0 Å². The number of carbonyl (C=O) groups excluding carboxylic acids is 2. The molecule has 128 valence electrons. The highest BCUT2D eigenvalue weighted by Crippen LogP contribution is 2.35. The van der Waals surface area contributed by atoms with E-state index in [4.69, 9.17) is 9.47 Å². The lowest BCUT2D eigenvalue weighted by Crippen LogP contribution is -2.27. The molecular formula is C17H19NO6. The number of non-ortho nitro benzene ring substituents is 1. The summed E-state index contributed by atoms with van der Waals surface area (Å²) in [4.78, 5) is 33.7. The number of hydrogen-bond acceptors (Lipinski definition) is 6. The second kappa shape index (κ2) is 7.72. The molecule has 0 saturated carbocycles. The Morgan fingerprint density at radius 1 is 1.25 bits per heavy atom. The van der Waals surface area contributed by atoms with Crippen molar-refractivity contribution < 1.29 is 24.0 Å². The molecular weight excluding hydrogens is 314 g/mol. The lowest BCUT2D eigenvalue weighted by Gasteiger charge is -2.27. The zero-order valence-electron chi connectivity index (χ0n) is 13.6. The predicted molar refractivity (Wildman–Crippen MR) is 86.0 cm³/mol. The van der Waals surface area contributed by atoms with E-state index in [2.05, 4.69) is 0 Å². The third-order valence-corrected chi connectivity index (χ3v) is 3.78. The zero-order chi connectivity index (χ0) is 17.7. The van der Waals surface area contributed by atoms with E-state index in [0.29, 0.717) is 24.0 Å². The van der Waals surface area contributed by atoms with E-state index < -0.39 is 22.9 Å². The van der Waals surface area contributed by atoms with Crippen LogP contribution < -0.4 is 0 Å². The SMILES string of the molecule is CCOC(=O)C1CCC(OC(C)=O)C=C1c1ccc([N+](=O)[O-])cc1. The summed E-state index contributed by atoms with van der Waals surface area (Å²) in [5.41, 5.74) is 1.32. The highest BCUT2D eigenvalue weighted by molar-refractivity contribution is 5.89. The van der Waals surface area contributed by atoms with Gasteiger partial charge in [0.1, 0.15) is 6.10 Å². The maximum atomic E-state index is 12.2. The lowest BCUT2D eigenvalue weighted by atomic mass is 9.82. The number of nitro groups is 1. The van der Waals surface area contributed by atoms with Gasteiger partial charge in [-0.2, -0.15) is 0 Å². The fraction of sp³-hybridized carbons (Fsp3) is 0.412. The van der Waals surface area contributed by atoms with Crippen molar-refractivity contribution >= 4 is 23.2 Å². The third-order valence-electron chi connectivity index (χ3n) is 3.78. The maximum Gasteiger partial charge on any atom is 0.313 e. The van der Waals surface area contributed by atoms with Crippen LogP contribution in [0.4, 0.5) is 5.69 Å². The molecule has 1 aliphatic rings. The van der Waals surface area contributed by atoms with Gasteiger partial charge in [-0.25, -0.2) is 0 Å². The van der Waals surface area contributed by atoms with Crippen molar-refractivity contribution in [1.29, 1.82) is 0 Å². The van der Waals surface area contributed by atoms with E-state index in [9.17, 15) is 19.7 Å². The molecule has 0 saturated heterocycles. The number of rotatable bonds is 5. The second-order valence-electron chi connectivity index (χ2n) is 5.46. The van der Waals surface area contributed by atoms with Gasteiger partial charge in [0.05, 0.1) is 17.4 Å². The Bertz CT molecular complexity index is 664. The van der Waals surface area contributed by atoms with Gasteiger partial charge in [0.15, 0.2) is 0 Å². The topological polar surface area (TPSA) is 95.7 Å². The highest BCUT2D eigenvalue weighted by atomic mass is 16.6. The minimum Gasteiger partial charge on any atom is -0.466 e. The van der Waals surface area contributed by atoms with Gasteiger partial charge in [0.25, 0.3) is 5.69 Å². The van der Waals surface area contributed by atoms with Crippen LogP contribution in [0.5, 0.6) is 0 Å². The van der Waals surface area contributed by atoms with Crippen LogP contribution in [0.15, 0.2) is 30.3 Å². The number of esters is 2. The second-order valence-corrected chi connectivity index (χ2v) is 5.46. The fourth-order valence-electron chi connectivity index (χ4n) is 2.75. The van der Waals surface area contributed by atoms with E-state index in [1.807, 2.05) is 0 Å². The molecule has 0 N–H and O–H groups in total. The molecule has 0 heterocycles.